The summed E-state index contributed by atoms with van der Waals surface area (Å²) in [6.07, 6.45) is 0. The van der Waals surface area contributed by atoms with Crippen LogP contribution in [0.5, 0.6) is 11.5 Å². The topological polar surface area (TPSA) is 115 Å². The number of carboxylic acid groups (broad SMARTS) is 1. The Bertz CT molecular complexity index is 1440. The van der Waals surface area contributed by atoms with Crippen LogP contribution in [0.4, 0.5) is 5.69 Å². The van der Waals surface area contributed by atoms with E-state index in [1.54, 1.807) is 37.3 Å². The van der Waals surface area contributed by atoms with Crippen molar-refractivity contribution < 1.29 is 32.2 Å². The summed E-state index contributed by atoms with van der Waals surface area (Å²) >= 11 is 0. The molecule has 0 aliphatic carbocycles. The molecule has 8 nitrogen and oxygen atoms in total. The highest BCUT2D eigenvalue weighted by atomic mass is 32.2. The first kappa shape index (κ1) is 20.5. The number of ether oxygens (including phenoxy) is 2. The van der Waals surface area contributed by atoms with Crippen LogP contribution in [0.15, 0.2) is 57.8 Å². The molecular weight excluding hydrogens is 422 g/mol. The molecule has 0 saturated carbocycles. The van der Waals surface area contributed by atoms with E-state index in [-0.39, 0.29) is 27.7 Å². The Labute approximate surface area is 178 Å². The maximum atomic E-state index is 13.3. The summed E-state index contributed by atoms with van der Waals surface area (Å²) in [6.45, 7) is 1.56. The molecular formula is C22H19NO7S. The van der Waals surface area contributed by atoms with E-state index in [0.717, 1.165) is 0 Å². The number of aromatic carboxylic acids is 1. The van der Waals surface area contributed by atoms with Crippen molar-refractivity contribution in [3.05, 3.63) is 59.9 Å². The molecule has 4 aromatic rings. The summed E-state index contributed by atoms with van der Waals surface area (Å²) in [4.78, 5) is 11.7. The molecule has 0 unspecified atom stereocenters. The molecule has 0 amide bonds. The van der Waals surface area contributed by atoms with Gasteiger partial charge in [-0.3, -0.25) is 4.72 Å². The second-order valence-electron chi connectivity index (χ2n) is 6.81. The first-order valence-electron chi connectivity index (χ1n) is 9.20. The summed E-state index contributed by atoms with van der Waals surface area (Å²) in [7, 11) is -1.31. The summed E-state index contributed by atoms with van der Waals surface area (Å²) in [6, 6.07) is 12.9. The molecule has 0 aliphatic rings. The molecule has 2 N–H and O–H groups in total. The van der Waals surface area contributed by atoms with Crippen LogP contribution in [0.2, 0.25) is 0 Å². The summed E-state index contributed by atoms with van der Waals surface area (Å²) < 4.78 is 45.2. The summed E-state index contributed by atoms with van der Waals surface area (Å²) in [5.41, 5.74) is 0.587. The highest BCUT2D eigenvalue weighted by molar-refractivity contribution is 7.92. The zero-order valence-corrected chi connectivity index (χ0v) is 17.7. The molecule has 160 valence electrons. The van der Waals surface area contributed by atoms with E-state index in [4.69, 9.17) is 13.9 Å². The Morgan fingerprint density at radius 3 is 2.35 bits per heavy atom. The van der Waals surface area contributed by atoms with Crippen molar-refractivity contribution in [1.82, 2.24) is 0 Å². The van der Waals surface area contributed by atoms with Gasteiger partial charge in [0.2, 0.25) is 0 Å². The molecule has 0 spiro atoms. The molecule has 0 atom stereocenters. The van der Waals surface area contributed by atoms with Gasteiger partial charge in [-0.2, -0.15) is 0 Å². The first-order valence-corrected chi connectivity index (χ1v) is 10.7. The van der Waals surface area contributed by atoms with Gasteiger partial charge in [-0.05, 0) is 25.1 Å². The smallest absolute Gasteiger partial charge is 0.339 e. The van der Waals surface area contributed by atoms with E-state index in [1.807, 2.05) is 0 Å². The van der Waals surface area contributed by atoms with Gasteiger partial charge in [-0.25, -0.2) is 13.2 Å². The van der Waals surface area contributed by atoms with Crippen LogP contribution >= 0.6 is 0 Å². The van der Waals surface area contributed by atoms with Crippen LogP contribution in [-0.2, 0) is 10.0 Å². The van der Waals surface area contributed by atoms with Crippen molar-refractivity contribution in [2.75, 3.05) is 18.9 Å². The van der Waals surface area contributed by atoms with Gasteiger partial charge in [0.05, 0.1) is 19.9 Å². The van der Waals surface area contributed by atoms with Gasteiger partial charge in [0.15, 0.2) is 0 Å². The van der Waals surface area contributed by atoms with Crippen molar-refractivity contribution in [1.29, 1.82) is 0 Å². The molecule has 0 bridgehead atoms. The van der Waals surface area contributed by atoms with Gasteiger partial charge in [0.1, 0.15) is 33.3 Å². The maximum Gasteiger partial charge on any atom is 0.339 e. The minimum atomic E-state index is -4.11. The monoisotopic (exact) mass is 441 g/mol. The summed E-state index contributed by atoms with van der Waals surface area (Å²) in [5, 5.41) is 11.1. The van der Waals surface area contributed by atoms with Crippen molar-refractivity contribution in [3.63, 3.8) is 0 Å². The van der Waals surface area contributed by atoms with Crippen LogP contribution in [0.3, 0.4) is 0 Å². The third kappa shape index (κ3) is 3.42. The van der Waals surface area contributed by atoms with E-state index in [0.29, 0.717) is 27.5 Å². The highest BCUT2D eigenvalue weighted by Crippen LogP contribution is 2.38. The number of benzene rings is 3. The Kier molecular flexibility index (Phi) is 4.98. The van der Waals surface area contributed by atoms with Crippen LogP contribution < -0.4 is 14.2 Å². The predicted octanol–water partition coefficient (Wildman–Crippen LogP) is 4.41. The van der Waals surface area contributed by atoms with Crippen molar-refractivity contribution in [2.24, 2.45) is 0 Å². The van der Waals surface area contributed by atoms with E-state index < -0.39 is 16.0 Å². The Morgan fingerprint density at radius 1 is 1.00 bits per heavy atom. The largest absolute Gasteiger partial charge is 0.497 e. The standard InChI is InChI=1S/C22H19NO7S/c1-12-20(22(24)25)16-11-17(14-6-4-5-7-15(14)21(16)30-12)23-31(26,27)19-10-13(28-2)8-9-18(19)29-3/h4-11,23H,1-3H3,(H,24,25). The number of nitrogens with one attached hydrogen (secondary N) is 1. The van der Waals surface area contributed by atoms with Crippen LogP contribution in [-0.4, -0.2) is 33.7 Å². The number of aryl methyl sites for hydroxylation is 1. The number of carbonyl (C=O) groups is 1. The molecule has 0 aliphatic heterocycles. The number of carboxylic acids is 1. The lowest BCUT2D eigenvalue weighted by atomic mass is 10.0. The van der Waals surface area contributed by atoms with E-state index >= 15 is 0 Å². The van der Waals surface area contributed by atoms with E-state index in [2.05, 4.69) is 4.72 Å². The number of hydrogen-bond donors (Lipinski definition) is 2. The molecule has 0 radical (unpaired) electrons. The molecule has 4 rings (SSSR count). The number of sulfonamides is 1. The van der Waals surface area contributed by atoms with Gasteiger partial charge >= 0.3 is 5.97 Å². The minimum absolute atomic E-state index is 0.0137. The number of fused-ring (bicyclic) bond motifs is 3. The van der Waals surface area contributed by atoms with Gasteiger partial charge < -0.3 is 19.0 Å². The third-order valence-corrected chi connectivity index (χ3v) is 6.38. The van der Waals surface area contributed by atoms with Crippen molar-refractivity contribution in [3.8, 4) is 11.5 Å². The quantitative estimate of drug-likeness (QED) is 0.455. The lowest BCUT2D eigenvalue weighted by molar-refractivity contribution is 0.0697. The maximum absolute atomic E-state index is 13.3. The van der Waals surface area contributed by atoms with E-state index in [9.17, 15) is 18.3 Å². The zero-order valence-electron chi connectivity index (χ0n) is 16.9. The van der Waals surface area contributed by atoms with Gasteiger partial charge in [0, 0.05) is 22.2 Å². The first-order chi connectivity index (χ1) is 14.8. The molecule has 3 aromatic carbocycles. The number of anilines is 1. The second-order valence-corrected chi connectivity index (χ2v) is 8.46. The average Bonchev–Trinajstić information content (AvgIpc) is 3.09. The zero-order chi connectivity index (χ0) is 22.3. The second kappa shape index (κ2) is 7.51. The number of rotatable bonds is 6. The lowest BCUT2D eigenvalue weighted by Gasteiger charge is -2.14. The Balaban J connectivity index is 1.96. The van der Waals surface area contributed by atoms with E-state index in [1.165, 1.54) is 32.4 Å². The van der Waals surface area contributed by atoms with Crippen LogP contribution in [0.25, 0.3) is 21.7 Å². The average molecular weight is 441 g/mol. The van der Waals surface area contributed by atoms with Crippen LogP contribution in [0, 0.1) is 6.92 Å². The number of methoxy groups -OCH3 is 2. The number of furan rings is 1. The van der Waals surface area contributed by atoms with Gasteiger partial charge in [0.25, 0.3) is 10.0 Å². The normalized spacial score (nSPS) is 11.6. The number of hydrogen-bond acceptors (Lipinski definition) is 6. The van der Waals surface area contributed by atoms with Gasteiger partial charge in [-0.15, -0.1) is 0 Å². The lowest BCUT2D eigenvalue weighted by Crippen LogP contribution is -2.14. The fourth-order valence-corrected chi connectivity index (χ4v) is 4.84. The molecule has 0 saturated heterocycles. The predicted molar refractivity (Wildman–Crippen MR) is 116 cm³/mol. The van der Waals surface area contributed by atoms with Crippen molar-refractivity contribution in [2.45, 2.75) is 11.8 Å². The molecule has 1 heterocycles. The SMILES string of the molecule is COc1ccc(OC)c(S(=O)(=O)Nc2cc3c(C(=O)O)c(C)oc3c3ccccc23)c1. The Morgan fingerprint density at radius 2 is 1.71 bits per heavy atom. The molecule has 9 heteroatoms. The third-order valence-electron chi connectivity index (χ3n) is 4.99. The Hall–Kier alpha value is -3.72. The van der Waals surface area contributed by atoms with Gasteiger partial charge in [-0.1, -0.05) is 24.3 Å². The highest BCUT2D eigenvalue weighted by Gasteiger charge is 2.25. The van der Waals surface area contributed by atoms with Crippen LogP contribution in [0.1, 0.15) is 16.1 Å². The summed E-state index contributed by atoms with van der Waals surface area (Å²) in [5.74, 6) is -0.430. The molecule has 1 aromatic heterocycles. The molecule has 31 heavy (non-hydrogen) atoms. The van der Waals surface area contributed by atoms with Crippen molar-refractivity contribution >= 4 is 43.4 Å². The molecule has 0 fully saturated rings. The fourth-order valence-electron chi connectivity index (χ4n) is 3.58. The minimum Gasteiger partial charge on any atom is -0.497 e. The fraction of sp³-hybridized carbons (Fsp3) is 0.136.